The summed E-state index contributed by atoms with van der Waals surface area (Å²) in [5.41, 5.74) is 0.755. The molecule has 3 N–H and O–H groups in total. The van der Waals surface area contributed by atoms with E-state index in [0.29, 0.717) is 18.7 Å². The van der Waals surface area contributed by atoms with Crippen molar-refractivity contribution in [3.63, 3.8) is 0 Å². The van der Waals surface area contributed by atoms with Crippen molar-refractivity contribution < 1.29 is 23.9 Å². The number of rotatable bonds is 7. The first-order chi connectivity index (χ1) is 12.2. The van der Waals surface area contributed by atoms with Gasteiger partial charge in [0.25, 0.3) is 0 Å². The summed E-state index contributed by atoms with van der Waals surface area (Å²) >= 11 is 0. The number of alkyl carbamates (subject to hydrolysis) is 1. The van der Waals surface area contributed by atoms with E-state index in [4.69, 9.17) is 9.47 Å². The van der Waals surface area contributed by atoms with E-state index in [1.807, 2.05) is 0 Å². The number of nitrogens with one attached hydrogen (secondary N) is 3. The second-order valence-corrected chi connectivity index (χ2v) is 6.46. The Bertz CT molecular complexity index is 608. The van der Waals surface area contributed by atoms with Gasteiger partial charge in [-0.25, -0.2) is 14.4 Å². The SMILES string of the molecule is CCOC(=O)c1ccc(CNC(=O)NCCNC(=O)OC(C)(C)C)cc1. The van der Waals surface area contributed by atoms with Gasteiger partial charge in [0.1, 0.15) is 5.60 Å². The molecule has 1 aromatic carbocycles. The first kappa shape index (κ1) is 21.3. The van der Waals surface area contributed by atoms with Gasteiger partial charge in [-0.2, -0.15) is 0 Å². The van der Waals surface area contributed by atoms with E-state index >= 15 is 0 Å². The summed E-state index contributed by atoms with van der Waals surface area (Å²) in [4.78, 5) is 34.7. The lowest BCUT2D eigenvalue weighted by atomic mass is 10.1. The van der Waals surface area contributed by atoms with Crippen LogP contribution in [0.2, 0.25) is 0 Å². The summed E-state index contributed by atoms with van der Waals surface area (Å²) in [5.74, 6) is -0.373. The van der Waals surface area contributed by atoms with Crippen LogP contribution in [-0.4, -0.2) is 43.4 Å². The number of carbonyl (C=O) groups is 3. The fourth-order valence-corrected chi connectivity index (χ4v) is 1.87. The summed E-state index contributed by atoms with van der Waals surface area (Å²) in [5, 5.41) is 7.86. The van der Waals surface area contributed by atoms with Gasteiger partial charge in [-0.05, 0) is 45.4 Å². The Kier molecular flexibility index (Phi) is 8.41. The molecule has 0 radical (unpaired) electrons. The molecular weight excluding hydrogens is 338 g/mol. The molecule has 0 aliphatic rings. The minimum atomic E-state index is -0.558. The molecule has 0 atom stereocenters. The van der Waals surface area contributed by atoms with Crippen LogP contribution in [0.4, 0.5) is 9.59 Å². The van der Waals surface area contributed by atoms with Crippen LogP contribution < -0.4 is 16.0 Å². The molecule has 0 aliphatic heterocycles. The molecule has 0 unspecified atom stereocenters. The number of urea groups is 1. The van der Waals surface area contributed by atoms with E-state index in [-0.39, 0.29) is 25.1 Å². The third kappa shape index (κ3) is 8.91. The van der Waals surface area contributed by atoms with Crippen molar-refractivity contribution in [3.8, 4) is 0 Å². The maximum Gasteiger partial charge on any atom is 0.407 e. The summed E-state index contributed by atoms with van der Waals surface area (Å²) in [6, 6.07) is 6.44. The number of amides is 3. The van der Waals surface area contributed by atoms with E-state index in [1.165, 1.54) is 0 Å². The number of benzene rings is 1. The fourth-order valence-electron chi connectivity index (χ4n) is 1.87. The van der Waals surface area contributed by atoms with Crippen LogP contribution >= 0.6 is 0 Å². The first-order valence-corrected chi connectivity index (χ1v) is 8.46. The van der Waals surface area contributed by atoms with E-state index in [0.717, 1.165) is 5.56 Å². The van der Waals surface area contributed by atoms with Gasteiger partial charge in [0.15, 0.2) is 0 Å². The molecule has 1 rings (SSSR count). The van der Waals surface area contributed by atoms with Crippen LogP contribution in [-0.2, 0) is 16.0 Å². The highest BCUT2D eigenvalue weighted by molar-refractivity contribution is 5.89. The van der Waals surface area contributed by atoms with Gasteiger partial charge in [0, 0.05) is 19.6 Å². The van der Waals surface area contributed by atoms with Gasteiger partial charge in [0.2, 0.25) is 0 Å². The van der Waals surface area contributed by atoms with Gasteiger partial charge in [-0.1, -0.05) is 12.1 Å². The van der Waals surface area contributed by atoms with Crippen molar-refractivity contribution in [3.05, 3.63) is 35.4 Å². The lowest BCUT2D eigenvalue weighted by Gasteiger charge is -2.19. The number of esters is 1. The van der Waals surface area contributed by atoms with E-state index in [9.17, 15) is 14.4 Å². The van der Waals surface area contributed by atoms with E-state index < -0.39 is 11.7 Å². The number of hydrogen-bond acceptors (Lipinski definition) is 5. The number of carbonyl (C=O) groups excluding carboxylic acids is 3. The summed E-state index contributed by atoms with van der Waals surface area (Å²) in [6.45, 7) is 8.24. The zero-order valence-electron chi connectivity index (χ0n) is 15.7. The van der Waals surface area contributed by atoms with Gasteiger partial charge in [-0.3, -0.25) is 0 Å². The molecule has 0 saturated carbocycles. The van der Waals surface area contributed by atoms with Crippen molar-refractivity contribution >= 4 is 18.1 Å². The summed E-state index contributed by atoms with van der Waals surface area (Å²) < 4.78 is 9.99. The van der Waals surface area contributed by atoms with Crippen LogP contribution in [0.25, 0.3) is 0 Å². The molecule has 3 amide bonds. The molecule has 8 heteroatoms. The highest BCUT2D eigenvalue weighted by atomic mass is 16.6. The van der Waals surface area contributed by atoms with Crippen molar-refractivity contribution in [2.45, 2.75) is 39.8 Å². The molecular formula is C18H27N3O5. The third-order valence-corrected chi connectivity index (χ3v) is 3.00. The Labute approximate surface area is 153 Å². The topological polar surface area (TPSA) is 106 Å². The normalized spacial score (nSPS) is 10.6. The molecule has 0 saturated heterocycles. The first-order valence-electron chi connectivity index (χ1n) is 8.46. The van der Waals surface area contributed by atoms with Crippen LogP contribution in [0.3, 0.4) is 0 Å². The maximum atomic E-state index is 11.7. The molecule has 0 heterocycles. The lowest BCUT2D eigenvalue weighted by Crippen LogP contribution is -2.41. The fraction of sp³-hybridized carbons (Fsp3) is 0.500. The minimum absolute atomic E-state index is 0.260. The molecule has 1 aromatic rings. The Hall–Kier alpha value is -2.77. The average Bonchev–Trinajstić information content (AvgIpc) is 2.56. The Balaban J connectivity index is 2.24. The quantitative estimate of drug-likeness (QED) is 0.507. The highest BCUT2D eigenvalue weighted by Gasteiger charge is 2.15. The molecule has 0 aliphatic carbocycles. The molecule has 0 spiro atoms. The van der Waals surface area contributed by atoms with Crippen LogP contribution in [0.15, 0.2) is 24.3 Å². The zero-order chi connectivity index (χ0) is 19.6. The number of hydrogen-bond donors (Lipinski definition) is 3. The third-order valence-electron chi connectivity index (χ3n) is 3.00. The largest absolute Gasteiger partial charge is 0.462 e. The second kappa shape index (κ2) is 10.3. The Morgan fingerprint density at radius 2 is 1.58 bits per heavy atom. The molecule has 0 aromatic heterocycles. The molecule has 8 nitrogen and oxygen atoms in total. The smallest absolute Gasteiger partial charge is 0.407 e. The second-order valence-electron chi connectivity index (χ2n) is 6.46. The molecule has 26 heavy (non-hydrogen) atoms. The van der Waals surface area contributed by atoms with Gasteiger partial charge in [-0.15, -0.1) is 0 Å². The summed E-state index contributed by atoms with van der Waals surface area (Å²) in [6.07, 6.45) is -0.526. The van der Waals surface area contributed by atoms with E-state index in [2.05, 4.69) is 16.0 Å². The standard InChI is InChI=1S/C18H27N3O5/c1-5-25-15(22)14-8-6-13(7-9-14)12-21-16(23)19-10-11-20-17(24)26-18(2,3)4/h6-9H,5,10-12H2,1-4H3,(H,20,24)(H2,19,21,23). The molecule has 144 valence electrons. The Morgan fingerprint density at radius 1 is 0.962 bits per heavy atom. The van der Waals surface area contributed by atoms with Gasteiger partial charge in [0.05, 0.1) is 12.2 Å². The van der Waals surface area contributed by atoms with Crippen LogP contribution in [0, 0.1) is 0 Å². The predicted octanol–water partition coefficient (Wildman–Crippen LogP) is 2.19. The van der Waals surface area contributed by atoms with Crippen molar-refractivity contribution in [2.24, 2.45) is 0 Å². The lowest BCUT2D eigenvalue weighted by molar-refractivity contribution is 0.0517. The van der Waals surface area contributed by atoms with E-state index in [1.54, 1.807) is 52.0 Å². The summed E-state index contributed by atoms with van der Waals surface area (Å²) in [7, 11) is 0. The van der Waals surface area contributed by atoms with Crippen LogP contribution in [0.1, 0.15) is 43.6 Å². The zero-order valence-corrected chi connectivity index (χ0v) is 15.7. The van der Waals surface area contributed by atoms with Crippen molar-refractivity contribution in [2.75, 3.05) is 19.7 Å². The average molecular weight is 365 g/mol. The highest BCUT2D eigenvalue weighted by Crippen LogP contribution is 2.06. The van der Waals surface area contributed by atoms with Gasteiger partial charge < -0.3 is 25.4 Å². The number of ether oxygens (including phenoxy) is 2. The Morgan fingerprint density at radius 3 is 2.15 bits per heavy atom. The predicted molar refractivity (Wildman–Crippen MR) is 96.9 cm³/mol. The molecule has 0 bridgehead atoms. The monoisotopic (exact) mass is 365 g/mol. The van der Waals surface area contributed by atoms with Gasteiger partial charge >= 0.3 is 18.1 Å². The van der Waals surface area contributed by atoms with Crippen molar-refractivity contribution in [1.29, 1.82) is 0 Å². The van der Waals surface area contributed by atoms with Crippen molar-refractivity contribution in [1.82, 2.24) is 16.0 Å². The maximum absolute atomic E-state index is 11.7. The van der Waals surface area contributed by atoms with Crippen LogP contribution in [0.5, 0.6) is 0 Å². The minimum Gasteiger partial charge on any atom is -0.462 e. The molecule has 0 fully saturated rings.